The number of ketones is 1. The van der Waals surface area contributed by atoms with Gasteiger partial charge in [-0.2, -0.15) is 0 Å². The van der Waals surface area contributed by atoms with Crippen LogP contribution in [0.1, 0.15) is 90.4 Å². The van der Waals surface area contributed by atoms with E-state index in [2.05, 4.69) is 19.1 Å². The Bertz CT molecular complexity index is 254. The van der Waals surface area contributed by atoms with Crippen molar-refractivity contribution in [2.75, 3.05) is 0 Å². The first-order chi connectivity index (χ1) is 9.29. The first kappa shape index (κ1) is 16.5. The second-order valence-electron chi connectivity index (χ2n) is 6.20. The molecule has 1 atom stereocenters. The van der Waals surface area contributed by atoms with Crippen LogP contribution in [0.4, 0.5) is 0 Å². The highest BCUT2D eigenvalue weighted by Gasteiger charge is 2.04. The first-order valence-electron chi connectivity index (χ1n) is 8.47. The molecular weight excluding hydrogens is 232 g/mol. The molecule has 0 aromatic heterocycles. The Labute approximate surface area is 119 Å². The number of hydrogen-bond donors (Lipinski definition) is 0. The normalized spacial score (nSPS) is 27.6. The molecule has 0 aromatic rings. The fraction of sp³-hybridized carbons (Fsp3) is 0.833. The van der Waals surface area contributed by atoms with Crippen molar-refractivity contribution in [3.8, 4) is 0 Å². The minimum atomic E-state index is 0.487. The third-order valence-corrected chi connectivity index (χ3v) is 4.16. The van der Waals surface area contributed by atoms with Gasteiger partial charge in [-0.05, 0) is 38.0 Å². The number of rotatable bonds is 0. The minimum Gasteiger partial charge on any atom is -0.300 e. The number of carbonyl (C=O) groups is 1. The largest absolute Gasteiger partial charge is 0.300 e. The Morgan fingerprint density at radius 1 is 0.842 bits per heavy atom. The van der Waals surface area contributed by atoms with E-state index in [0.717, 1.165) is 25.7 Å². The smallest absolute Gasteiger partial charge is 0.132 e. The van der Waals surface area contributed by atoms with Gasteiger partial charge in [0.25, 0.3) is 0 Å². The summed E-state index contributed by atoms with van der Waals surface area (Å²) in [5.41, 5.74) is 0. The standard InChI is InChI=1S/C18H32O/c1-17-13-10-8-6-4-2-3-5-7-9-11-15-18(19)16-12-14-17/h10,13,17H,2-9,11-12,14-16H2,1H3/b13-10-. The molecule has 110 valence electrons. The zero-order valence-corrected chi connectivity index (χ0v) is 12.8. The fourth-order valence-electron chi connectivity index (χ4n) is 2.82. The van der Waals surface area contributed by atoms with Crippen LogP contribution in [-0.4, -0.2) is 5.78 Å². The Morgan fingerprint density at radius 3 is 2.16 bits per heavy atom. The van der Waals surface area contributed by atoms with Crippen LogP contribution in [-0.2, 0) is 4.79 Å². The van der Waals surface area contributed by atoms with Gasteiger partial charge in [0.15, 0.2) is 0 Å². The van der Waals surface area contributed by atoms with Crippen LogP contribution in [0.25, 0.3) is 0 Å². The van der Waals surface area contributed by atoms with E-state index in [0.29, 0.717) is 11.7 Å². The van der Waals surface area contributed by atoms with E-state index in [9.17, 15) is 4.79 Å². The lowest BCUT2D eigenvalue weighted by Gasteiger charge is -2.05. The van der Waals surface area contributed by atoms with Gasteiger partial charge in [0, 0.05) is 12.8 Å². The van der Waals surface area contributed by atoms with Crippen LogP contribution in [0.5, 0.6) is 0 Å². The first-order valence-corrected chi connectivity index (χ1v) is 8.47. The van der Waals surface area contributed by atoms with Gasteiger partial charge in [0.05, 0.1) is 0 Å². The molecule has 0 radical (unpaired) electrons. The summed E-state index contributed by atoms with van der Waals surface area (Å²) in [7, 11) is 0. The molecule has 1 aliphatic rings. The molecule has 0 saturated carbocycles. The van der Waals surface area contributed by atoms with Crippen molar-refractivity contribution in [3.63, 3.8) is 0 Å². The molecule has 0 N–H and O–H groups in total. The van der Waals surface area contributed by atoms with Crippen LogP contribution in [0.15, 0.2) is 12.2 Å². The van der Waals surface area contributed by atoms with Gasteiger partial charge < -0.3 is 0 Å². The molecule has 19 heavy (non-hydrogen) atoms. The molecule has 0 aromatic carbocycles. The number of Topliss-reactive ketones (excluding diaryl/α,β-unsaturated/α-hetero) is 1. The summed E-state index contributed by atoms with van der Waals surface area (Å²) in [4.78, 5) is 11.7. The fourth-order valence-corrected chi connectivity index (χ4v) is 2.82. The van der Waals surface area contributed by atoms with Crippen molar-refractivity contribution in [2.45, 2.75) is 90.4 Å². The number of hydrogen-bond acceptors (Lipinski definition) is 1. The Kier molecular flexibility index (Phi) is 9.75. The maximum atomic E-state index is 11.7. The lowest BCUT2D eigenvalue weighted by Crippen LogP contribution is -1.99. The Hall–Kier alpha value is -0.590. The highest BCUT2D eigenvalue weighted by molar-refractivity contribution is 5.78. The van der Waals surface area contributed by atoms with Crippen molar-refractivity contribution < 1.29 is 4.79 Å². The molecule has 1 rings (SSSR count). The van der Waals surface area contributed by atoms with Crippen molar-refractivity contribution in [2.24, 2.45) is 5.92 Å². The number of allylic oxidation sites excluding steroid dienone is 2. The average Bonchev–Trinajstić information content (AvgIpc) is 2.39. The molecule has 0 amide bonds. The highest BCUT2D eigenvalue weighted by atomic mass is 16.1. The molecule has 0 fully saturated rings. The van der Waals surface area contributed by atoms with Gasteiger partial charge in [-0.25, -0.2) is 0 Å². The van der Waals surface area contributed by atoms with Crippen molar-refractivity contribution >= 4 is 5.78 Å². The monoisotopic (exact) mass is 264 g/mol. The lowest BCUT2D eigenvalue weighted by atomic mass is 10.00. The van der Waals surface area contributed by atoms with Crippen molar-refractivity contribution in [1.29, 1.82) is 0 Å². The second-order valence-corrected chi connectivity index (χ2v) is 6.20. The summed E-state index contributed by atoms with van der Waals surface area (Å²) in [6.07, 6.45) is 20.4. The van der Waals surface area contributed by atoms with Crippen LogP contribution in [0.2, 0.25) is 0 Å². The van der Waals surface area contributed by atoms with E-state index in [4.69, 9.17) is 0 Å². The van der Waals surface area contributed by atoms with Gasteiger partial charge in [0.2, 0.25) is 0 Å². The van der Waals surface area contributed by atoms with Crippen LogP contribution >= 0.6 is 0 Å². The summed E-state index contributed by atoms with van der Waals surface area (Å²) in [6.45, 7) is 2.27. The molecule has 0 bridgehead atoms. The molecular formula is C18H32O. The molecule has 1 aliphatic carbocycles. The van der Waals surface area contributed by atoms with Crippen LogP contribution in [0, 0.1) is 5.92 Å². The summed E-state index contributed by atoms with van der Waals surface area (Å²) in [6, 6.07) is 0. The summed E-state index contributed by atoms with van der Waals surface area (Å²) in [5, 5.41) is 0. The van der Waals surface area contributed by atoms with E-state index >= 15 is 0 Å². The molecule has 0 saturated heterocycles. The summed E-state index contributed by atoms with van der Waals surface area (Å²) in [5.74, 6) is 1.13. The molecule has 1 nitrogen and oxygen atoms in total. The molecule has 0 heterocycles. The van der Waals surface area contributed by atoms with E-state index in [1.54, 1.807) is 0 Å². The van der Waals surface area contributed by atoms with Gasteiger partial charge in [-0.3, -0.25) is 4.79 Å². The van der Waals surface area contributed by atoms with E-state index in [1.165, 1.54) is 57.8 Å². The van der Waals surface area contributed by atoms with Crippen LogP contribution in [0.3, 0.4) is 0 Å². The third kappa shape index (κ3) is 9.92. The molecule has 1 unspecified atom stereocenters. The summed E-state index contributed by atoms with van der Waals surface area (Å²) < 4.78 is 0. The highest BCUT2D eigenvalue weighted by Crippen LogP contribution is 2.15. The van der Waals surface area contributed by atoms with Gasteiger partial charge in [-0.15, -0.1) is 0 Å². The molecule has 0 aliphatic heterocycles. The second kappa shape index (κ2) is 11.3. The van der Waals surface area contributed by atoms with E-state index < -0.39 is 0 Å². The Morgan fingerprint density at radius 2 is 1.42 bits per heavy atom. The van der Waals surface area contributed by atoms with Crippen molar-refractivity contribution in [3.05, 3.63) is 12.2 Å². The topological polar surface area (TPSA) is 17.1 Å². The van der Waals surface area contributed by atoms with Gasteiger partial charge >= 0.3 is 0 Å². The zero-order chi connectivity index (χ0) is 13.8. The average molecular weight is 264 g/mol. The predicted molar refractivity (Wildman–Crippen MR) is 83.3 cm³/mol. The predicted octanol–water partition coefficient (Wildman–Crippen LogP) is 5.83. The van der Waals surface area contributed by atoms with Gasteiger partial charge in [0.1, 0.15) is 5.78 Å². The SMILES string of the molecule is CC1/C=C\CCCCCCCCCCC(=O)CCC1. The minimum absolute atomic E-state index is 0.487. The van der Waals surface area contributed by atoms with E-state index in [-0.39, 0.29) is 0 Å². The maximum absolute atomic E-state index is 11.7. The number of carbonyl (C=O) groups excluding carboxylic acids is 1. The zero-order valence-electron chi connectivity index (χ0n) is 12.8. The quantitative estimate of drug-likeness (QED) is 0.503. The van der Waals surface area contributed by atoms with Crippen molar-refractivity contribution in [1.82, 2.24) is 0 Å². The third-order valence-electron chi connectivity index (χ3n) is 4.16. The summed E-state index contributed by atoms with van der Waals surface area (Å²) >= 11 is 0. The Balaban J connectivity index is 2.27. The lowest BCUT2D eigenvalue weighted by molar-refractivity contribution is -0.119. The van der Waals surface area contributed by atoms with E-state index in [1.807, 2.05) is 0 Å². The molecule has 0 spiro atoms. The van der Waals surface area contributed by atoms with Crippen LogP contribution < -0.4 is 0 Å². The maximum Gasteiger partial charge on any atom is 0.132 e. The van der Waals surface area contributed by atoms with Gasteiger partial charge in [-0.1, -0.05) is 57.6 Å². The molecule has 1 heteroatoms.